The maximum atomic E-state index is 13.1. The molecule has 2 unspecified atom stereocenters. The summed E-state index contributed by atoms with van der Waals surface area (Å²) < 4.78 is 10.5. The lowest BCUT2D eigenvalue weighted by atomic mass is 10.2. The number of ether oxygens (including phenoxy) is 2. The number of nitrogens with zero attached hydrogens (tertiary/aromatic N) is 1. The second-order valence-corrected chi connectivity index (χ2v) is 7.46. The maximum Gasteiger partial charge on any atom is 0.329 e. The molecular weight excluding hydrogens is 376 g/mol. The second-order valence-electron chi connectivity index (χ2n) is 6.35. The summed E-state index contributed by atoms with van der Waals surface area (Å²) in [5.41, 5.74) is 1.61. The van der Waals surface area contributed by atoms with Crippen molar-refractivity contribution in [1.82, 2.24) is 4.90 Å². The van der Waals surface area contributed by atoms with E-state index in [1.807, 2.05) is 37.3 Å². The van der Waals surface area contributed by atoms with Gasteiger partial charge in [-0.25, -0.2) is 9.59 Å². The zero-order valence-corrected chi connectivity index (χ0v) is 16.8. The highest BCUT2D eigenvalue weighted by Gasteiger charge is 2.43. The molecule has 1 N–H and O–H groups in total. The Hall–Kier alpha value is -2.67. The van der Waals surface area contributed by atoms with Crippen molar-refractivity contribution in [2.24, 2.45) is 0 Å². The van der Waals surface area contributed by atoms with Crippen LogP contribution in [0.5, 0.6) is 5.75 Å². The number of benzene rings is 2. The Bertz CT molecular complexity index is 798. The van der Waals surface area contributed by atoms with Gasteiger partial charge in [-0.3, -0.25) is 4.90 Å². The van der Waals surface area contributed by atoms with E-state index in [1.54, 1.807) is 48.0 Å². The minimum absolute atomic E-state index is 0.251. The van der Waals surface area contributed by atoms with E-state index >= 15 is 0 Å². The van der Waals surface area contributed by atoms with Crippen LogP contribution in [0.4, 0.5) is 10.5 Å². The summed E-state index contributed by atoms with van der Waals surface area (Å²) in [6, 6.07) is 15.8. The van der Waals surface area contributed by atoms with Crippen LogP contribution in [0.15, 0.2) is 54.6 Å². The third-order valence-corrected chi connectivity index (χ3v) is 5.70. The first-order valence-corrected chi connectivity index (χ1v) is 10.3. The average Bonchev–Trinajstić information content (AvgIpc) is 3.18. The van der Waals surface area contributed by atoms with Crippen LogP contribution in [-0.2, 0) is 9.53 Å². The third kappa shape index (κ3) is 4.59. The average molecular weight is 401 g/mol. The molecule has 2 aromatic rings. The molecule has 0 saturated carbocycles. The summed E-state index contributed by atoms with van der Waals surface area (Å²) in [7, 11) is 1.59. The molecular formula is C21H24N2O4S. The number of carbonyl (C=O) groups is 2. The van der Waals surface area contributed by atoms with Gasteiger partial charge in [-0.2, -0.15) is 0 Å². The first-order chi connectivity index (χ1) is 13.6. The van der Waals surface area contributed by atoms with Crippen LogP contribution in [0.1, 0.15) is 24.3 Å². The van der Waals surface area contributed by atoms with Gasteiger partial charge in [-0.15, -0.1) is 11.8 Å². The minimum atomic E-state index is -0.625. The van der Waals surface area contributed by atoms with Gasteiger partial charge in [-0.05, 0) is 36.2 Å². The molecule has 0 radical (unpaired) electrons. The quantitative estimate of drug-likeness (QED) is 0.733. The number of hydrogen-bond acceptors (Lipinski definition) is 5. The SMILES string of the molecule is CCCOC(=O)C1CSC(c2ccccc2)N1C(=O)Nc1ccc(OC)cc1. The van der Waals surface area contributed by atoms with Crippen LogP contribution in [0, 0.1) is 0 Å². The number of rotatable bonds is 6. The summed E-state index contributed by atoms with van der Waals surface area (Å²) in [6.45, 7) is 2.29. The van der Waals surface area contributed by atoms with E-state index < -0.39 is 6.04 Å². The van der Waals surface area contributed by atoms with Crippen LogP contribution < -0.4 is 10.1 Å². The van der Waals surface area contributed by atoms with E-state index in [4.69, 9.17) is 9.47 Å². The Labute approximate surface area is 169 Å². The molecule has 2 amide bonds. The predicted octanol–water partition coefficient (Wildman–Crippen LogP) is 4.30. The van der Waals surface area contributed by atoms with Crippen molar-refractivity contribution in [1.29, 1.82) is 0 Å². The van der Waals surface area contributed by atoms with Gasteiger partial charge in [0.05, 0.1) is 13.7 Å². The standard InChI is InChI=1S/C21H24N2O4S/c1-3-13-27-20(24)18-14-28-19(15-7-5-4-6-8-15)23(18)21(25)22-16-9-11-17(26-2)12-10-16/h4-12,18-19H,3,13-14H2,1-2H3,(H,22,25). The fourth-order valence-corrected chi connectivity index (χ4v) is 4.39. The number of amides is 2. The van der Waals surface area contributed by atoms with Crippen molar-refractivity contribution in [2.45, 2.75) is 24.8 Å². The molecule has 2 atom stereocenters. The molecule has 148 valence electrons. The van der Waals surface area contributed by atoms with Gasteiger partial charge < -0.3 is 14.8 Å². The molecule has 0 bridgehead atoms. The van der Waals surface area contributed by atoms with E-state index in [9.17, 15) is 9.59 Å². The van der Waals surface area contributed by atoms with Gasteiger partial charge >= 0.3 is 12.0 Å². The molecule has 3 rings (SSSR count). The zero-order chi connectivity index (χ0) is 19.9. The zero-order valence-electron chi connectivity index (χ0n) is 16.0. The summed E-state index contributed by atoms with van der Waals surface area (Å²) >= 11 is 1.56. The number of esters is 1. The molecule has 6 nitrogen and oxygen atoms in total. The number of urea groups is 1. The maximum absolute atomic E-state index is 13.1. The van der Waals surface area contributed by atoms with E-state index in [0.717, 1.165) is 12.0 Å². The van der Waals surface area contributed by atoms with Gasteiger partial charge in [0.15, 0.2) is 0 Å². The second kappa shape index (κ2) is 9.50. The molecule has 7 heteroatoms. The molecule has 1 fully saturated rings. The fourth-order valence-electron chi connectivity index (χ4n) is 2.97. The highest BCUT2D eigenvalue weighted by Crippen LogP contribution is 2.42. The van der Waals surface area contributed by atoms with Crippen LogP contribution in [0.25, 0.3) is 0 Å². The Morgan fingerprint density at radius 1 is 1.14 bits per heavy atom. The van der Waals surface area contributed by atoms with E-state index in [2.05, 4.69) is 5.32 Å². The lowest BCUT2D eigenvalue weighted by Crippen LogP contribution is -2.45. The lowest BCUT2D eigenvalue weighted by molar-refractivity contribution is -0.147. The number of methoxy groups -OCH3 is 1. The molecule has 0 aliphatic carbocycles. The van der Waals surface area contributed by atoms with Crippen LogP contribution >= 0.6 is 11.8 Å². The summed E-state index contributed by atoms with van der Waals surface area (Å²) in [5, 5.41) is 2.63. The first kappa shape index (κ1) is 20.1. The van der Waals surface area contributed by atoms with Gasteiger partial charge in [0, 0.05) is 11.4 Å². The van der Waals surface area contributed by atoms with Gasteiger partial charge in [0.2, 0.25) is 0 Å². The van der Waals surface area contributed by atoms with Crippen LogP contribution in [0.2, 0.25) is 0 Å². The largest absolute Gasteiger partial charge is 0.497 e. The molecule has 28 heavy (non-hydrogen) atoms. The van der Waals surface area contributed by atoms with Crippen molar-refractivity contribution in [3.8, 4) is 5.75 Å². The van der Waals surface area contributed by atoms with Gasteiger partial charge in [0.25, 0.3) is 0 Å². The van der Waals surface area contributed by atoms with Crippen molar-refractivity contribution >= 4 is 29.4 Å². The van der Waals surface area contributed by atoms with Crippen LogP contribution in [-0.4, -0.2) is 42.4 Å². The Morgan fingerprint density at radius 3 is 2.50 bits per heavy atom. The summed E-state index contributed by atoms with van der Waals surface area (Å²) in [5.74, 6) is 0.841. The molecule has 1 saturated heterocycles. The van der Waals surface area contributed by atoms with Gasteiger partial charge in [-0.1, -0.05) is 37.3 Å². The number of thioether (sulfide) groups is 1. The van der Waals surface area contributed by atoms with E-state index in [1.165, 1.54) is 0 Å². The van der Waals surface area contributed by atoms with E-state index in [0.29, 0.717) is 23.8 Å². The smallest absolute Gasteiger partial charge is 0.329 e. The Morgan fingerprint density at radius 2 is 1.86 bits per heavy atom. The third-order valence-electron chi connectivity index (χ3n) is 4.38. The summed E-state index contributed by atoms with van der Waals surface area (Å²) in [6.07, 6.45) is 0.742. The molecule has 1 heterocycles. The van der Waals surface area contributed by atoms with Gasteiger partial charge in [0.1, 0.15) is 17.2 Å². The topological polar surface area (TPSA) is 67.9 Å². The van der Waals surface area contributed by atoms with Crippen molar-refractivity contribution in [3.63, 3.8) is 0 Å². The van der Waals surface area contributed by atoms with Crippen molar-refractivity contribution < 1.29 is 19.1 Å². The number of anilines is 1. The predicted molar refractivity (Wildman–Crippen MR) is 111 cm³/mol. The van der Waals surface area contributed by atoms with Crippen LogP contribution in [0.3, 0.4) is 0 Å². The normalized spacial score (nSPS) is 18.6. The highest BCUT2D eigenvalue weighted by molar-refractivity contribution is 7.99. The number of carbonyl (C=O) groups excluding carboxylic acids is 2. The monoisotopic (exact) mass is 400 g/mol. The molecule has 2 aromatic carbocycles. The fraction of sp³-hybridized carbons (Fsp3) is 0.333. The minimum Gasteiger partial charge on any atom is -0.497 e. The highest BCUT2D eigenvalue weighted by atomic mass is 32.2. The van der Waals surface area contributed by atoms with E-state index in [-0.39, 0.29) is 17.4 Å². The molecule has 1 aliphatic rings. The van der Waals surface area contributed by atoms with Crippen molar-refractivity contribution in [3.05, 3.63) is 60.2 Å². The van der Waals surface area contributed by atoms with Crippen molar-refractivity contribution in [2.75, 3.05) is 24.8 Å². The lowest BCUT2D eigenvalue weighted by Gasteiger charge is -2.28. The Kier molecular flexibility index (Phi) is 6.81. The molecule has 1 aliphatic heterocycles. The Balaban J connectivity index is 1.82. The first-order valence-electron chi connectivity index (χ1n) is 9.20. The molecule has 0 spiro atoms. The summed E-state index contributed by atoms with van der Waals surface area (Å²) in [4.78, 5) is 27.2. The molecule has 0 aromatic heterocycles. The number of nitrogens with one attached hydrogen (secondary N) is 1. The number of hydrogen-bond donors (Lipinski definition) is 1.